The van der Waals surface area contributed by atoms with Gasteiger partial charge in [-0.1, -0.05) is 36.4 Å². The molecule has 0 saturated carbocycles. The van der Waals surface area contributed by atoms with Gasteiger partial charge in [-0.3, -0.25) is 0 Å². The largest absolute Gasteiger partial charge is 1.00 e. The number of urea groups is 1. The van der Waals surface area contributed by atoms with Gasteiger partial charge in [0, 0.05) is 25.6 Å². The van der Waals surface area contributed by atoms with E-state index in [9.17, 15) is 24.7 Å². The molecule has 0 aliphatic carbocycles. The number of carboxylic acids is 1. The molecule has 0 spiro atoms. The average Bonchev–Trinajstić information content (AvgIpc) is 2.69. The van der Waals surface area contributed by atoms with Crippen molar-refractivity contribution < 1.29 is 49.4 Å². The molecule has 2 rings (SSSR count). The molecule has 1 aromatic carbocycles. The van der Waals surface area contributed by atoms with E-state index in [4.69, 9.17) is 0 Å². The smallest absolute Gasteiger partial charge is 0.543 e. The number of rotatable bonds is 8. The summed E-state index contributed by atoms with van der Waals surface area (Å²) in [5, 5.41) is 30.2. The number of carboxylic acid groups (broad SMARTS) is 1. The number of likely N-dealkylation sites (tertiary alicyclic amines) is 1. The van der Waals surface area contributed by atoms with Crippen LogP contribution in [0.5, 0.6) is 0 Å². The van der Waals surface area contributed by atoms with Crippen LogP contribution in [0.2, 0.25) is 0 Å². The van der Waals surface area contributed by atoms with E-state index in [1.165, 1.54) is 18.0 Å². The van der Waals surface area contributed by atoms with Crippen LogP contribution in [0.4, 0.5) is 4.79 Å². The zero-order valence-corrected chi connectivity index (χ0v) is 19.1. The Labute approximate surface area is 191 Å². The quantitative estimate of drug-likeness (QED) is 0.243. The average molecular weight is 412 g/mol. The molecule has 29 heavy (non-hydrogen) atoms. The number of aliphatic hydroxyl groups excluding tert-OH is 1. The minimum Gasteiger partial charge on any atom is -0.543 e. The summed E-state index contributed by atoms with van der Waals surface area (Å²) in [6.45, 7) is 3.79. The van der Waals surface area contributed by atoms with Crippen LogP contribution in [0.1, 0.15) is 31.4 Å². The first-order valence-electron chi connectivity index (χ1n) is 9.10. The van der Waals surface area contributed by atoms with Crippen molar-refractivity contribution in [1.82, 2.24) is 15.5 Å². The molecule has 152 valence electrons. The summed E-state index contributed by atoms with van der Waals surface area (Å²) < 4.78 is 0. The van der Waals surface area contributed by atoms with E-state index in [-0.39, 0.29) is 47.3 Å². The van der Waals surface area contributed by atoms with Crippen molar-refractivity contribution in [1.29, 1.82) is 0 Å². The Bertz CT molecular complexity index is 755. The fraction of sp³-hybridized carbons (Fsp3) is 0.474. The summed E-state index contributed by atoms with van der Waals surface area (Å²) in [6, 6.07) is 5.72. The van der Waals surface area contributed by atoms with Gasteiger partial charge in [0.05, 0.1) is 17.7 Å². The number of hydrogen-bond donors (Lipinski definition) is 3. The van der Waals surface area contributed by atoms with Crippen LogP contribution in [-0.4, -0.2) is 47.4 Å². The summed E-state index contributed by atoms with van der Waals surface area (Å²) >= 11 is 0. The molecular formula is C19H25N4NaO5. The van der Waals surface area contributed by atoms with Gasteiger partial charge in [-0.05, 0) is 30.5 Å². The Hall–Kier alpha value is -1.94. The molecule has 1 saturated heterocycles. The second-order valence-corrected chi connectivity index (χ2v) is 6.71. The van der Waals surface area contributed by atoms with Crippen molar-refractivity contribution in [2.24, 2.45) is 11.1 Å². The Morgan fingerprint density at radius 3 is 2.45 bits per heavy atom. The first kappa shape index (κ1) is 25.1. The summed E-state index contributed by atoms with van der Waals surface area (Å²) in [4.78, 5) is 35.1. The molecule has 2 amide bonds. The molecule has 10 heteroatoms. The molecule has 3 N–H and O–H groups in total. The number of nitrogens with zero attached hydrogens (tertiary/aromatic N) is 2. The SMILES string of the molecule is CC[C@@H]1C(C(C)N=O)[C@@H](O)N1/C(=C/c1ccc(CNC(=O)NC)cc1)C(=O)[O-].[Na+]. The third-order valence-corrected chi connectivity index (χ3v) is 5.02. The number of benzene rings is 1. The van der Waals surface area contributed by atoms with Gasteiger partial charge in [-0.15, -0.1) is 0 Å². The zero-order valence-electron chi connectivity index (χ0n) is 17.1. The Morgan fingerprint density at radius 2 is 1.97 bits per heavy atom. The Kier molecular flexibility index (Phi) is 9.78. The predicted molar refractivity (Wildman–Crippen MR) is 101 cm³/mol. The van der Waals surface area contributed by atoms with Crippen LogP contribution >= 0.6 is 0 Å². The number of nitrogens with one attached hydrogen (secondary N) is 2. The number of carbonyl (C=O) groups excluding carboxylic acids is 2. The van der Waals surface area contributed by atoms with Crippen molar-refractivity contribution in [3.8, 4) is 0 Å². The number of aliphatic hydroxyl groups is 1. The second-order valence-electron chi connectivity index (χ2n) is 6.71. The van der Waals surface area contributed by atoms with Crippen molar-refractivity contribution in [3.05, 3.63) is 46.0 Å². The standard InChI is InChI=1S/C19H26N4O5.Na/c1-4-14-16(11(2)22-28)17(24)23(14)15(18(25)26)9-12-5-7-13(8-6-12)10-21-19(27)20-3;/h5-9,11,14,16-17,24H,4,10H2,1-3H3,(H,25,26)(H2,20,21,27);/q;+1/p-1/b15-9+;/t11?,14-,16?,17-;/m1./s1. The maximum absolute atomic E-state index is 11.7. The zero-order chi connectivity index (χ0) is 20.8. The normalized spacial score (nSPS) is 22.0. The minimum absolute atomic E-state index is 0. The maximum atomic E-state index is 11.7. The van der Waals surface area contributed by atoms with Gasteiger partial charge < -0.3 is 30.5 Å². The third kappa shape index (κ3) is 5.79. The molecule has 1 aliphatic rings. The van der Waals surface area contributed by atoms with Gasteiger partial charge in [0.15, 0.2) is 0 Å². The van der Waals surface area contributed by atoms with E-state index in [0.717, 1.165) is 5.56 Å². The molecule has 2 unspecified atom stereocenters. The number of carbonyl (C=O) groups is 2. The van der Waals surface area contributed by atoms with Gasteiger partial charge in [-0.25, -0.2) is 4.79 Å². The molecule has 9 nitrogen and oxygen atoms in total. The van der Waals surface area contributed by atoms with Crippen LogP contribution in [0.3, 0.4) is 0 Å². The Balaban J connectivity index is 0.00000420. The molecule has 0 bridgehead atoms. The first-order chi connectivity index (χ1) is 13.3. The van der Waals surface area contributed by atoms with Gasteiger partial charge in [0.2, 0.25) is 0 Å². The monoisotopic (exact) mass is 412 g/mol. The molecule has 4 atom stereocenters. The number of hydrogen-bond acceptors (Lipinski definition) is 7. The second kappa shape index (κ2) is 11.3. The summed E-state index contributed by atoms with van der Waals surface area (Å²) in [7, 11) is 1.52. The van der Waals surface area contributed by atoms with Gasteiger partial charge in [0.25, 0.3) is 0 Å². The van der Waals surface area contributed by atoms with Crippen molar-refractivity contribution >= 4 is 18.1 Å². The number of nitroso groups, excluding NO2 is 1. The van der Waals surface area contributed by atoms with Crippen LogP contribution in [0.15, 0.2) is 35.1 Å². The third-order valence-electron chi connectivity index (χ3n) is 5.02. The predicted octanol–water partition coefficient (Wildman–Crippen LogP) is -2.61. The molecule has 0 radical (unpaired) electrons. The van der Waals surface area contributed by atoms with Crippen LogP contribution < -0.4 is 45.3 Å². The molecule has 1 aromatic rings. The molecule has 0 aromatic heterocycles. The van der Waals surface area contributed by atoms with Crippen LogP contribution in [0.25, 0.3) is 6.08 Å². The van der Waals surface area contributed by atoms with Crippen LogP contribution in [0, 0.1) is 10.8 Å². The van der Waals surface area contributed by atoms with E-state index >= 15 is 0 Å². The molecule has 1 aliphatic heterocycles. The van der Waals surface area contributed by atoms with Crippen molar-refractivity contribution in [2.45, 2.75) is 45.1 Å². The summed E-state index contributed by atoms with van der Waals surface area (Å²) in [6.07, 6.45) is 0.862. The van der Waals surface area contributed by atoms with Gasteiger partial charge in [-0.2, -0.15) is 4.91 Å². The molecule has 1 fully saturated rings. The first-order valence-corrected chi connectivity index (χ1v) is 9.10. The topological polar surface area (TPSA) is 134 Å². The fourth-order valence-electron chi connectivity index (χ4n) is 3.49. The van der Waals surface area contributed by atoms with E-state index in [2.05, 4.69) is 15.8 Å². The van der Waals surface area contributed by atoms with E-state index in [1.807, 2.05) is 6.92 Å². The van der Waals surface area contributed by atoms with E-state index < -0.39 is 24.2 Å². The minimum atomic E-state index is -1.41. The van der Waals surface area contributed by atoms with Gasteiger partial charge in [0.1, 0.15) is 6.23 Å². The fourth-order valence-corrected chi connectivity index (χ4v) is 3.49. The maximum Gasteiger partial charge on any atom is 1.00 e. The van der Waals surface area contributed by atoms with E-state index in [0.29, 0.717) is 18.5 Å². The number of amides is 2. The van der Waals surface area contributed by atoms with Crippen LogP contribution in [-0.2, 0) is 11.3 Å². The summed E-state index contributed by atoms with van der Waals surface area (Å²) in [5.41, 5.74) is 1.30. The van der Waals surface area contributed by atoms with Gasteiger partial charge >= 0.3 is 35.6 Å². The summed E-state index contributed by atoms with van der Waals surface area (Å²) in [5.74, 6) is -1.84. The van der Waals surface area contributed by atoms with E-state index in [1.54, 1.807) is 31.2 Å². The molecular weight excluding hydrogens is 387 g/mol. The molecule has 1 heterocycles. The van der Waals surface area contributed by atoms with Crippen molar-refractivity contribution in [2.75, 3.05) is 7.05 Å². The number of aliphatic carboxylic acids is 1. The van der Waals surface area contributed by atoms with Crippen molar-refractivity contribution in [3.63, 3.8) is 0 Å². The Morgan fingerprint density at radius 1 is 1.34 bits per heavy atom.